The fourth-order valence-corrected chi connectivity index (χ4v) is 2.21. The van der Waals surface area contributed by atoms with Gasteiger partial charge in [-0.25, -0.2) is 4.79 Å². The van der Waals surface area contributed by atoms with Crippen molar-refractivity contribution in [1.29, 1.82) is 0 Å². The molecule has 0 unspecified atom stereocenters. The Morgan fingerprint density at radius 1 is 1.29 bits per heavy atom. The summed E-state index contributed by atoms with van der Waals surface area (Å²) in [4.78, 5) is 25.1. The molecule has 0 saturated carbocycles. The number of fused-ring (bicyclic) bond motifs is 1. The number of hydrogen-bond donors (Lipinski definition) is 3. The number of primary amides is 1. The van der Waals surface area contributed by atoms with E-state index in [0.717, 1.165) is 18.4 Å². The van der Waals surface area contributed by atoms with Crippen molar-refractivity contribution in [1.82, 2.24) is 10.3 Å². The molecular weight excluding hydrogens is 270 g/mol. The molecular formula is C15H19N3O3. The SMILES string of the molecule is NC(=O)OCCNC(=O)CCCc1c[nH]c2ccccc12. The van der Waals surface area contributed by atoms with Gasteiger partial charge in [0.2, 0.25) is 5.91 Å². The van der Waals surface area contributed by atoms with Gasteiger partial charge in [0.25, 0.3) is 0 Å². The van der Waals surface area contributed by atoms with Gasteiger partial charge in [-0.1, -0.05) is 18.2 Å². The monoisotopic (exact) mass is 289 g/mol. The lowest BCUT2D eigenvalue weighted by molar-refractivity contribution is -0.121. The second-order valence-electron chi connectivity index (χ2n) is 4.73. The standard InChI is InChI=1S/C15H19N3O3/c16-15(20)21-9-8-17-14(19)7-3-4-11-10-18-13-6-2-1-5-12(11)13/h1-2,5-6,10,18H,3-4,7-9H2,(H2,16,20)(H,17,19). The number of aromatic amines is 1. The molecule has 2 aromatic rings. The molecule has 0 bridgehead atoms. The average Bonchev–Trinajstić information content (AvgIpc) is 2.87. The lowest BCUT2D eigenvalue weighted by Gasteiger charge is -2.05. The molecule has 112 valence electrons. The maximum Gasteiger partial charge on any atom is 0.404 e. The van der Waals surface area contributed by atoms with Gasteiger partial charge in [0, 0.05) is 23.5 Å². The van der Waals surface area contributed by atoms with Crippen molar-refractivity contribution in [3.05, 3.63) is 36.0 Å². The summed E-state index contributed by atoms with van der Waals surface area (Å²) in [6.45, 7) is 0.387. The fourth-order valence-electron chi connectivity index (χ4n) is 2.21. The number of amides is 2. The summed E-state index contributed by atoms with van der Waals surface area (Å²) in [6, 6.07) is 8.10. The molecule has 2 amide bonds. The van der Waals surface area contributed by atoms with E-state index in [1.54, 1.807) is 0 Å². The molecule has 0 fully saturated rings. The number of aryl methyl sites for hydroxylation is 1. The Labute approximate surface area is 122 Å². The number of nitrogens with two attached hydrogens (primary N) is 1. The zero-order chi connectivity index (χ0) is 15.1. The summed E-state index contributed by atoms with van der Waals surface area (Å²) in [7, 11) is 0. The van der Waals surface area contributed by atoms with Gasteiger partial charge in [-0.15, -0.1) is 0 Å². The highest BCUT2D eigenvalue weighted by atomic mass is 16.5. The van der Waals surface area contributed by atoms with Crippen LogP contribution >= 0.6 is 0 Å². The van der Waals surface area contributed by atoms with Crippen LogP contribution in [0.25, 0.3) is 10.9 Å². The Balaban J connectivity index is 1.69. The number of hydrogen-bond acceptors (Lipinski definition) is 3. The zero-order valence-electron chi connectivity index (χ0n) is 11.7. The van der Waals surface area contributed by atoms with Crippen molar-refractivity contribution in [3.63, 3.8) is 0 Å². The van der Waals surface area contributed by atoms with Crippen LogP contribution in [0.3, 0.4) is 0 Å². The molecule has 0 spiro atoms. The predicted octanol–water partition coefficient (Wildman–Crippen LogP) is 1.70. The molecule has 6 heteroatoms. The van der Waals surface area contributed by atoms with E-state index in [4.69, 9.17) is 5.73 Å². The lowest BCUT2D eigenvalue weighted by atomic mass is 10.1. The third kappa shape index (κ3) is 4.52. The van der Waals surface area contributed by atoms with Gasteiger partial charge in [0.05, 0.1) is 6.54 Å². The van der Waals surface area contributed by atoms with Crippen molar-refractivity contribution >= 4 is 22.9 Å². The molecule has 1 heterocycles. The van der Waals surface area contributed by atoms with Crippen LogP contribution in [-0.4, -0.2) is 30.1 Å². The molecule has 0 aliphatic carbocycles. The number of nitrogens with one attached hydrogen (secondary N) is 2. The van der Waals surface area contributed by atoms with Crippen molar-refractivity contribution in [2.24, 2.45) is 5.73 Å². The molecule has 4 N–H and O–H groups in total. The van der Waals surface area contributed by atoms with E-state index < -0.39 is 6.09 Å². The Morgan fingerprint density at radius 2 is 2.10 bits per heavy atom. The Morgan fingerprint density at radius 3 is 2.90 bits per heavy atom. The number of para-hydroxylation sites is 1. The molecule has 1 aromatic carbocycles. The van der Waals surface area contributed by atoms with Crippen LogP contribution in [0, 0.1) is 0 Å². The van der Waals surface area contributed by atoms with Crippen LogP contribution in [0.1, 0.15) is 18.4 Å². The molecule has 6 nitrogen and oxygen atoms in total. The molecule has 0 atom stereocenters. The summed E-state index contributed by atoms with van der Waals surface area (Å²) in [6.07, 6.45) is 3.21. The van der Waals surface area contributed by atoms with E-state index in [2.05, 4.69) is 21.1 Å². The minimum Gasteiger partial charge on any atom is -0.448 e. The fraction of sp³-hybridized carbons (Fsp3) is 0.333. The van der Waals surface area contributed by atoms with Crippen molar-refractivity contribution in [3.8, 4) is 0 Å². The molecule has 2 rings (SSSR count). The van der Waals surface area contributed by atoms with Crippen LogP contribution in [0.15, 0.2) is 30.5 Å². The maximum absolute atomic E-state index is 11.6. The van der Waals surface area contributed by atoms with Crippen LogP contribution in [0.2, 0.25) is 0 Å². The Kier molecular flexibility index (Phi) is 5.20. The largest absolute Gasteiger partial charge is 0.448 e. The third-order valence-corrected chi connectivity index (χ3v) is 3.19. The third-order valence-electron chi connectivity index (χ3n) is 3.19. The van der Waals surface area contributed by atoms with E-state index in [1.807, 2.05) is 24.4 Å². The predicted molar refractivity (Wildman–Crippen MR) is 79.8 cm³/mol. The first kappa shape index (κ1) is 14.9. The van der Waals surface area contributed by atoms with E-state index in [1.165, 1.54) is 10.9 Å². The van der Waals surface area contributed by atoms with E-state index in [-0.39, 0.29) is 19.1 Å². The number of aromatic nitrogens is 1. The van der Waals surface area contributed by atoms with Gasteiger partial charge in [0.1, 0.15) is 6.61 Å². The van der Waals surface area contributed by atoms with Crippen LogP contribution in [0.5, 0.6) is 0 Å². The van der Waals surface area contributed by atoms with Gasteiger partial charge in [-0.2, -0.15) is 0 Å². The molecule has 0 saturated heterocycles. The van der Waals surface area contributed by atoms with Crippen molar-refractivity contribution in [2.75, 3.05) is 13.2 Å². The van der Waals surface area contributed by atoms with Gasteiger partial charge >= 0.3 is 6.09 Å². The van der Waals surface area contributed by atoms with E-state index >= 15 is 0 Å². The summed E-state index contributed by atoms with van der Waals surface area (Å²) >= 11 is 0. The topological polar surface area (TPSA) is 97.2 Å². The molecule has 0 aliphatic heterocycles. The first-order chi connectivity index (χ1) is 10.2. The first-order valence-corrected chi connectivity index (χ1v) is 6.91. The second-order valence-corrected chi connectivity index (χ2v) is 4.73. The molecule has 0 radical (unpaired) electrons. The molecule has 0 aliphatic rings. The highest BCUT2D eigenvalue weighted by Gasteiger charge is 2.05. The first-order valence-electron chi connectivity index (χ1n) is 6.91. The summed E-state index contributed by atoms with van der Waals surface area (Å²) in [5, 5.41) is 3.88. The van der Waals surface area contributed by atoms with Crippen LogP contribution in [-0.2, 0) is 16.0 Å². The summed E-state index contributed by atoms with van der Waals surface area (Å²) in [5.74, 6) is -0.0529. The van der Waals surface area contributed by atoms with Crippen LogP contribution in [0.4, 0.5) is 4.79 Å². The van der Waals surface area contributed by atoms with Gasteiger partial charge < -0.3 is 20.8 Å². The number of carbonyl (C=O) groups excluding carboxylic acids is 2. The van der Waals surface area contributed by atoms with Gasteiger partial charge in [-0.3, -0.25) is 4.79 Å². The quantitative estimate of drug-likeness (QED) is 0.677. The van der Waals surface area contributed by atoms with Gasteiger partial charge in [-0.05, 0) is 24.5 Å². The Bertz CT molecular complexity index is 621. The average molecular weight is 289 g/mol. The van der Waals surface area contributed by atoms with E-state index in [9.17, 15) is 9.59 Å². The number of benzene rings is 1. The minimum atomic E-state index is -0.830. The number of H-pyrrole nitrogens is 1. The van der Waals surface area contributed by atoms with Crippen molar-refractivity contribution < 1.29 is 14.3 Å². The smallest absolute Gasteiger partial charge is 0.404 e. The van der Waals surface area contributed by atoms with Gasteiger partial charge in [0.15, 0.2) is 0 Å². The number of carbonyl (C=O) groups is 2. The molecule has 21 heavy (non-hydrogen) atoms. The maximum atomic E-state index is 11.6. The normalized spacial score (nSPS) is 10.5. The van der Waals surface area contributed by atoms with Crippen molar-refractivity contribution in [2.45, 2.75) is 19.3 Å². The minimum absolute atomic E-state index is 0.0529. The van der Waals surface area contributed by atoms with E-state index in [0.29, 0.717) is 6.42 Å². The lowest BCUT2D eigenvalue weighted by Crippen LogP contribution is -2.28. The Hall–Kier alpha value is -2.50. The number of rotatable bonds is 7. The highest BCUT2D eigenvalue weighted by Crippen LogP contribution is 2.19. The van der Waals surface area contributed by atoms with Crippen LogP contribution < -0.4 is 11.1 Å². The molecule has 1 aromatic heterocycles. The second kappa shape index (κ2) is 7.33. The number of ether oxygens (including phenoxy) is 1. The zero-order valence-corrected chi connectivity index (χ0v) is 11.7. The summed E-state index contributed by atoms with van der Waals surface area (Å²) < 4.78 is 4.52. The summed E-state index contributed by atoms with van der Waals surface area (Å²) in [5.41, 5.74) is 7.14. The highest BCUT2D eigenvalue weighted by molar-refractivity contribution is 5.83.